The zero-order valence-electron chi connectivity index (χ0n) is 10.6. The zero-order valence-corrected chi connectivity index (χ0v) is 13.0. The second-order valence-electron chi connectivity index (χ2n) is 3.81. The topological polar surface area (TPSA) is 93.7 Å². The van der Waals surface area contributed by atoms with Gasteiger partial charge in [-0.15, -0.1) is 0 Å². The smallest absolute Gasteiger partial charge is 0.422 e. The molecule has 0 saturated heterocycles. The molecule has 0 aliphatic heterocycles. The molecule has 0 heterocycles. The van der Waals surface area contributed by atoms with Crippen LogP contribution in [0.2, 0.25) is 0 Å². The maximum absolute atomic E-state index is 11.6. The lowest BCUT2D eigenvalue weighted by molar-refractivity contribution is 0.121. The van der Waals surface area contributed by atoms with Crippen LogP contribution in [0.5, 0.6) is 0 Å². The summed E-state index contributed by atoms with van der Waals surface area (Å²) in [4.78, 5) is 11.2. The van der Waals surface area contributed by atoms with E-state index in [2.05, 4.69) is 25.4 Å². The minimum atomic E-state index is -3.95. The van der Waals surface area contributed by atoms with Crippen molar-refractivity contribution in [3.63, 3.8) is 0 Å². The fourth-order valence-corrected chi connectivity index (χ4v) is 2.61. The molecular weight excluding hydrogens is 328 g/mol. The van der Waals surface area contributed by atoms with E-state index in [1.807, 2.05) is 0 Å². The van der Waals surface area contributed by atoms with E-state index in [0.717, 1.165) is 0 Å². The van der Waals surface area contributed by atoms with Crippen molar-refractivity contribution in [3.8, 4) is 0 Å². The summed E-state index contributed by atoms with van der Waals surface area (Å²) in [5.74, 6) is 0. The fraction of sp³-hybridized carbons (Fsp3) is 0.889. The third kappa shape index (κ3) is 8.67. The molecule has 0 rings (SSSR count). The molecule has 1 unspecified atom stereocenters. The Morgan fingerprint density at radius 1 is 1.39 bits per heavy atom. The minimum absolute atomic E-state index is 0.214. The molecule has 18 heavy (non-hydrogen) atoms. The summed E-state index contributed by atoms with van der Waals surface area (Å²) >= 11 is 3.21. The predicted octanol–water partition coefficient (Wildman–Crippen LogP) is 0.755. The molecule has 0 aliphatic carbocycles. The Morgan fingerprint density at radius 2 is 2.00 bits per heavy atom. The molecule has 0 radical (unpaired) electrons. The van der Waals surface area contributed by atoms with Crippen LogP contribution in [0.3, 0.4) is 0 Å². The first kappa shape index (κ1) is 17.6. The van der Waals surface area contributed by atoms with E-state index in [1.54, 1.807) is 18.6 Å². The maximum atomic E-state index is 11.6. The summed E-state index contributed by atoms with van der Waals surface area (Å²) in [5.41, 5.74) is 0. The first-order valence-corrected chi connectivity index (χ1v) is 7.96. The molecule has 0 aliphatic rings. The van der Waals surface area contributed by atoms with Crippen molar-refractivity contribution in [3.05, 3.63) is 0 Å². The average Bonchev–Trinajstić information content (AvgIpc) is 2.14. The van der Waals surface area contributed by atoms with E-state index in [1.165, 1.54) is 7.11 Å². The van der Waals surface area contributed by atoms with Crippen molar-refractivity contribution in [2.75, 3.05) is 19.0 Å². The number of ether oxygens (including phenoxy) is 2. The summed E-state index contributed by atoms with van der Waals surface area (Å²) in [6, 6.07) is -0.418. The SMILES string of the molecule is COCC(CCBr)NS(=O)(=O)NC(=O)OC(C)C. The van der Waals surface area contributed by atoms with Crippen LogP contribution in [0.1, 0.15) is 20.3 Å². The van der Waals surface area contributed by atoms with Gasteiger partial charge in [0.15, 0.2) is 0 Å². The van der Waals surface area contributed by atoms with Gasteiger partial charge in [0, 0.05) is 18.5 Å². The van der Waals surface area contributed by atoms with E-state index in [0.29, 0.717) is 11.8 Å². The summed E-state index contributed by atoms with van der Waals surface area (Å²) in [5, 5.41) is 0.611. The van der Waals surface area contributed by atoms with Gasteiger partial charge < -0.3 is 9.47 Å². The van der Waals surface area contributed by atoms with Crippen molar-refractivity contribution in [2.45, 2.75) is 32.4 Å². The van der Waals surface area contributed by atoms with Gasteiger partial charge in [-0.1, -0.05) is 15.9 Å². The van der Waals surface area contributed by atoms with Crippen molar-refractivity contribution < 1.29 is 22.7 Å². The van der Waals surface area contributed by atoms with Crippen molar-refractivity contribution >= 4 is 32.2 Å². The number of methoxy groups -OCH3 is 1. The number of hydrogen-bond donors (Lipinski definition) is 2. The Hall–Kier alpha value is -0.380. The van der Waals surface area contributed by atoms with Gasteiger partial charge in [0.25, 0.3) is 0 Å². The lowest BCUT2D eigenvalue weighted by Gasteiger charge is -2.17. The zero-order chi connectivity index (χ0) is 14.2. The molecule has 108 valence electrons. The Balaban J connectivity index is 4.39. The highest BCUT2D eigenvalue weighted by Crippen LogP contribution is 1.99. The summed E-state index contributed by atoms with van der Waals surface area (Å²) < 4.78 is 36.8. The van der Waals surface area contributed by atoms with Gasteiger partial charge >= 0.3 is 16.3 Å². The standard InChI is InChI=1S/C9H19BrN2O5S/c1-7(2)17-9(13)12-18(14,15)11-8(4-5-10)6-16-3/h7-8,11H,4-6H2,1-3H3,(H,12,13). The third-order valence-corrected chi connectivity index (χ3v) is 3.24. The van der Waals surface area contributed by atoms with Gasteiger partial charge in [0.1, 0.15) is 0 Å². The summed E-state index contributed by atoms with van der Waals surface area (Å²) in [7, 11) is -2.48. The van der Waals surface area contributed by atoms with Crippen LogP contribution in [0.4, 0.5) is 4.79 Å². The molecule has 1 atom stereocenters. The summed E-state index contributed by atoms with van der Waals surface area (Å²) in [6.45, 7) is 3.46. The third-order valence-electron chi connectivity index (χ3n) is 1.71. The number of carbonyl (C=O) groups is 1. The van der Waals surface area contributed by atoms with E-state index in [-0.39, 0.29) is 6.61 Å². The molecule has 0 spiro atoms. The van der Waals surface area contributed by atoms with Crippen LogP contribution < -0.4 is 9.44 Å². The number of carbonyl (C=O) groups excluding carboxylic acids is 1. The fourth-order valence-electron chi connectivity index (χ4n) is 1.11. The molecular formula is C9H19BrN2O5S. The van der Waals surface area contributed by atoms with Gasteiger partial charge in [-0.2, -0.15) is 13.1 Å². The van der Waals surface area contributed by atoms with Gasteiger partial charge in [-0.3, -0.25) is 0 Å². The molecule has 2 N–H and O–H groups in total. The quantitative estimate of drug-likeness (QED) is 0.632. The van der Waals surface area contributed by atoms with E-state index in [4.69, 9.17) is 4.74 Å². The van der Waals surface area contributed by atoms with E-state index in [9.17, 15) is 13.2 Å². The highest BCUT2D eigenvalue weighted by atomic mass is 79.9. The Morgan fingerprint density at radius 3 is 2.44 bits per heavy atom. The van der Waals surface area contributed by atoms with Crippen LogP contribution in [0.15, 0.2) is 0 Å². The highest BCUT2D eigenvalue weighted by molar-refractivity contribution is 9.09. The van der Waals surface area contributed by atoms with Crippen LogP contribution in [-0.2, 0) is 19.7 Å². The number of alkyl halides is 1. The number of halogens is 1. The Kier molecular flexibility index (Phi) is 8.49. The lowest BCUT2D eigenvalue weighted by atomic mass is 10.3. The first-order chi connectivity index (χ1) is 8.30. The molecule has 0 saturated carbocycles. The predicted molar refractivity (Wildman–Crippen MR) is 70.9 cm³/mol. The largest absolute Gasteiger partial charge is 0.446 e. The summed E-state index contributed by atoms with van der Waals surface area (Å²) in [6.07, 6.45) is -0.862. The van der Waals surface area contributed by atoms with Crippen molar-refractivity contribution in [1.82, 2.24) is 9.44 Å². The number of amides is 1. The monoisotopic (exact) mass is 346 g/mol. The second kappa shape index (κ2) is 8.68. The molecule has 9 heteroatoms. The van der Waals surface area contributed by atoms with Gasteiger partial charge in [-0.25, -0.2) is 9.52 Å². The molecule has 0 aromatic carbocycles. The minimum Gasteiger partial charge on any atom is -0.446 e. The van der Waals surface area contributed by atoms with E-state index >= 15 is 0 Å². The number of nitrogens with one attached hydrogen (secondary N) is 2. The van der Waals surface area contributed by atoms with E-state index < -0.39 is 28.4 Å². The van der Waals surface area contributed by atoms with Crippen LogP contribution in [0.25, 0.3) is 0 Å². The second-order valence-corrected chi connectivity index (χ2v) is 6.05. The molecule has 0 aromatic rings. The molecule has 7 nitrogen and oxygen atoms in total. The van der Waals surface area contributed by atoms with Crippen LogP contribution in [0, 0.1) is 0 Å². The molecule has 1 amide bonds. The molecule has 0 aromatic heterocycles. The van der Waals surface area contributed by atoms with Gasteiger partial charge in [0.05, 0.1) is 12.7 Å². The molecule has 0 fully saturated rings. The van der Waals surface area contributed by atoms with Crippen LogP contribution >= 0.6 is 15.9 Å². The Bertz CT molecular complexity index is 341. The Labute approximate surface area is 116 Å². The van der Waals surface area contributed by atoms with Crippen LogP contribution in [-0.4, -0.2) is 45.7 Å². The highest BCUT2D eigenvalue weighted by Gasteiger charge is 2.20. The number of hydrogen-bond acceptors (Lipinski definition) is 5. The van der Waals surface area contributed by atoms with Gasteiger partial charge in [0.2, 0.25) is 0 Å². The lowest BCUT2D eigenvalue weighted by Crippen LogP contribution is -2.47. The first-order valence-electron chi connectivity index (χ1n) is 5.36. The number of rotatable bonds is 8. The molecule has 0 bridgehead atoms. The van der Waals surface area contributed by atoms with Crippen molar-refractivity contribution in [2.24, 2.45) is 0 Å². The normalized spacial score (nSPS) is 13.4. The average molecular weight is 347 g/mol. The van der Waals surface area contributed by atoms with Gasteiger partial charge in [-0.05, 0) is 20.3 Å². The van der Waals surface area contributed by atoms with Crippen molar-refractivity contribution in [1.29, 1.82) is 0 Å². The maximum Gasteiger partial charge on any atom is 0.422 e.